The molecule has 3 N–H and O–H groups in total. The summed E-state index contributed by atoms with van der Waals surface area (Å²) in [6.45, 7) is 7.16. The maximum Gasteiger partial charge on any atom is 0.472 e. The number of carbonyl (C=O) groups excluding carboxylic acids is 4. The number of aliphatic hydroxyl groups is 1. The molecule has 0 fully saturated rings. The van der Waals surface area contributed by atoms with Crippen LogP contribution in [0, 0.1) is 5.92 Å². The summed E-state index contributed by atoms with van der Waals surface area (Å²) >= 11 is 0. The van der Waals surface area contributed by atoms with E-state index in [-0.39, 0.29) is 25.7 Å². The van der Waals surface area contributed by atoms with Gasteiger partial charge < -0.3 is 33.8 Å². The van der Waals surface area contributed by atoms with Gasteiger partial charge in [-0.2, -0.15) is 0 Å². The molecule has 0 heterocycles. The number of hydrogen-bond donors (Lipinski definition) is 3. The highest BCUT2D eigenvalue weighted by atomic mass is 31.2. The van der Waals surface area contributed by atoms with E-state index >= 15 is 0 Å². The summed E-state index contributed by atoms with van der Waals surface area (Å²) in [7, 11) is -9.88. The monoisotopic (exact) mass is 1240 g/mol. The fourth-order valence-electron chi connectivity index (χ4n) is 9.76. The van der Waals surface area contributed by atoms with Crippen molar-refractivity contribution in [3.8, 4) is 0 Å². The largest absolute Gasteiger partial charge is 0.472 e. The van der Waals surface area contributed by atoms with Crippen molar-refractivity contribution < 1.29 is 80.2 Å². The van der Waals surface area contributed by atoms with Crippen molar-refractivity contribution in [3.05, 3.63) is 0 Å². The predicted molar refractivity (Wildman–Crippen MR) is 335 cm³/mol. The van der Waals surface area contributed by atoms with Crippen LogP contribution in [0.1, 0.15) is 330 Å². The maximum atomic E-state index is 13.0. The molecule has 2 unspecified atom stereocenters. The minimum Gasteiger partial charge on any atom is -0.462 e. The van der Waals surface area contributed by atoms with Crippen LogP contribution in [-0.2, 0) is 65.4 Å². The van der Waals surface area contributed by atoms with Crippen LogP contribution in [0.15, 0.2) is 0 Å². The second kappa shape index (κ2) is 58.7. The van der Waals surface area contributed by atoms with Gasteiger partial charge in [0.2, 0.25) is 0 Å². The Hall–Kier alpha value is -1.94. The summed E-state index contributed by atoms with van der Waals surface area (Å²) in [5.74, 6) is -1.35. The zero-order chi connectivity index (χ0) is 62.0. The summed E-state index contributed by atoms with van der Waals surface area (Å²) in [5.41, 5.74) is 0. The van der Waals surface area contributed by atoms with E-state index in [1.54, 1.807) is 0 Å². The molecule has 5 atom stereocenters. The van der Waals surface area contributed by atoms with Gasteiger partial charge in [-0.15, -0.1) is 0 Å². The Kier molecular flexibility index (Phi) is 57.4. The van der Waals surface area contributed by atoms with Gasteiger partial charge in [-0.1, -0.05) is 279 Å². The fourth-order valence-corrected chi connectivity index (χ4v) is 11.3. The number of esters is 4. The Labute approximate surface area is 511 Å². The summed E-state index contributed by atoms with van der Waals surface area (Å²) in [4.78, 5) is 72.1. The number of hydrogen-bond acceptors (Lipinski definition) is 15. The van der Waals surface area contributed by atoms with Crippen molar-refractivity contribution in [1.82, 2.24) is 0 Å². The minimum atomic E-state index is -4.94. The first kappa shape index (κ1) is 82.1. The van der Waals surface area contributed by atoms with Crippen molar-refractivity contribution in [2.24, 2.45) is 5.92 Å². The number of unbranched alkanes of at least 4 members (excludes halogenated alkanes) is 37. The van der Waals surface area contributed by atoms with Crippen molar-refractivity contribution in [2.45, 2.75) is 348 Å². The van der Waals surface area contributed by atoms with Gasteiger partial charge in [-0.25, -0.2) is 9.13 Å². The van der Waals surface area contributed by atoms with Gasteiger partial charge >= 0.3 is 39.5 Å². The molecule has 0 aliphatic carbocycles. The number of phosphoric ester groups is 2. The van der Waals surface area contributed by atoms with Crippen LogP contribution in [0.5, 0.6) is 0 Å². The van der Waals surface area contributed by atoms with E-state index in [0.29, 0.717) is 25.7 Å². The second-order valence-corrected chi connectivity index (χ2v) is 26.9. The summed E-state index contributed by atoms with van der Waals surface area (Å²) in [6.07, 6.45) is 43.2. The lowest BCUT2D eigenvalue weighted by atomic mass is 10.0. The highest BCUT2D eigenvalue weighted by molar-refractivity contribution is 7.47. The third-order valence-electron chi connectivity index (χ3n) is 15.0. The quantitative estimate of drug-likeness (QED) is 0.0222. The number of ether oxygens (including phenoxy) is 4. The van der Waals surface area contributed by atoms with E-state index in [1.807, 2.05) is 0 Å². The molecule has 0 rings (SSSR count). The van der Waals surface area contributed by atoms with Crippen LogP contribution in [0.2, 0.25) is 0 Å². The lowest BCUT2D eigenvalue weighted by Crippen LogP contribution is -2.30. The van der Waals surface area contributed by atoms with Crippen LogP contribution in [-0.4, -0.2) is 96.7 Å². The van der Waals surface area contributed by atoms with E-state index in [2.05, 4.69) is 34.6 Å². The number of aliphatic hydroxyl groups excluding tert-OH is 1. The Morgan fingerprint density at radius 3 is 0.810 bits per heavy atom. The number of phosphoric acid groups is 2. The van der Waals surface area contributed by atoms with Gasteiger partial charge in [-0.05, 0) is 31.6 Å². The van der Waals surface area contributed by atoms with E-state index in [1.165, 1.54) is 135 Å². The van der Waals surface area contributed by atoms with Crippen LogP contribution in [0.25, 0.3) is 0 Å². The molecule has 0 saturated carbocycles. The van der Waals surface area contributed by atoms with Crippen LogP contribution < -0.4 is 0 Å². The first-order valence-electron chi connectivity index (χ1n) is 34.1. The van der Waals surface area contributed by atoms with E-state index < -0.39 is 97.5 Å². The van der Waals surface area contributed by atoms with Gasteiger partial charge in [0.05, 0.1) is 26.4 Å². The Morgan fingerprint density at radius 1 is 0.321 bits per heavy atom. The molecule has 19 heteroatoms. The molecular weight excluding hydrogens is 1110 g/mol. The summed E-state index contributed by atoms with van der Waals surface area (Å²) < 4.78 is 67.9. The lowest BCUT2D eigenvalue weighted by Gasteiger charge is -2.21. The van der Waals surface area contributed by atoms with Crippen LogP contribution >= 0.6 is 15.6 Å². The molecule has 0 bridgehead atoms. The normalized spacial score (nSPS) is 14.2. The third-order valence-corrected chi connectivity index (χ3v) is 16.9. The maximum absolute atomic E-state index is 13.0. The third kappa shape index (κ3) is 59.0. The highest BCUT2D eigenvalue weighted by Gasteiger charge is 2.30. The zero-order valence-electron chi connectivity index (χ0n) is 54.0. The molecule has 0 aliphatic rings. The zero-order valence-corrected chi connectivity index (χ0v) is 55.8. The molecule has 0 aromatic rings. The first-order chi connectivity index (χ1) is 40.5. The van der Waals surface area contributed by atoms with Gasteiger partial charge in [0.15, 0.2) is 12.2 Å². The molecule has 498 valence electrons. The van der Waals surface area contributed by atoms with E-state index in [4.69, 9.17) is 37.0 Å². The molecule has 17 nitrogen and oxygen atoms in total. The van der Waals surface area contributed by atoms with Crippen molar-refractivity contribution >= 4 is 39.5 Å². The van der Waals surface area contributed by atoms with E-state index in [0.717, 1.165) is 115 Å². The first-order valence-corrected chi connectivity index (χ1v) is 37.1. The molecule has 0 saturated heterocycles. The van der Waals surface area contributed by atoms with Crippen molar-refractivity contribution in [2.75, 3.05) is 39.6 Å². The van der Waals surface area contributed by atoms with Crippen LogP contribution in [0.3, 0.4) is 0 Å². The van der Waals surface area contributed by atoms with E-state index in [9.17, 15) is 43.2 Å². The molecule has 0 spiro atoms. The molecule has 0 aliphatic heterocycles. The standard InChI is InChI=1S/C65H126O17P2/c1-6-9-12-15-18-20-21-23-27-30-35-39-44-49-63(68)76-55-61(82-65(70)51-46-41-36-31-28-25-22-24-26-29-33-37-42-47-58(4)5)57-80-84(73,74)78-53-59(66)52-77-83(71,72)79-56-60(54-75-62(67)48-43-38-32-17-14-11-8-3)81-64(69)50-45-40-34-19-16-13-10-7-2/h58-61,66H,6-57H2,1-5H3,(H,71,72)(H,73,74)/t59-,60+,61+/m0/s1. The molecule has 0 aromatic carbocycles. The highest BCUT2D eigenvalue weighted by Crippen LogP contribution is 2.45. The Morgan fingerprint density at radius 2 is 0.548 bits per heavy atom. The Bertz CT molecular complexity index is 1640. The number of carbonyl (C=O) groups is 4. The minimum absolute atomic E-state index is 0.105. The molecular formula is C65H126O17P2. The average Bonchev–Trinajstić information content (AvgIpc) is 3.56. The fraction of sp³-hybridized carbons (Fsp3) is 0.938. The van der Waals surface area contributed by atoms with Gasteiger partial charge in [0, 0.05) is 25.7 Å². The Balaban J connectivity index is 5.18. The lowest BCUT2D eigenvalue weighted by molar-refractivity contribution is -0.161. The summed E-state index contributed by atoms with van der Waals surface area (Å²) in [6, 6.07) is 0. The molecule has 0 amide bonds. The molecule has 84 heavy (non-hydrogen) atoms. The molecule has 0 aromatic heterocycles. The second-order valence-electron chi connectivity index (χ2n) is 24.0. The molecule has 0 radical (unpaired) electrons. The van der Waals surface area contributed by atoms with Crippen molar-refractivity contribution in [1.29, 1.82) is 0 Å². The van der Waals surface area contributed by atoms with Gasteiger partial charge in [0.1, 0.15) is 19.3 Å². The van der Waals surface area contributed by atoms with Crippen molar-refractivity contribution in [3.63, 3.8) is 0 Å². The predicted octanol–water partition coefficient (Wildman–Crippen LogP) is 18.2. The smallest absolute Gasteiger partial charge is 0.462 e. The number of rotatable bonds is 65. The summed E-state index contributed by atoms with van der Waals surface area (Å²) in [5, 5.41) is 10.5. The van der Waals surface area contributed by atoms with Gasteiger partial charge in [0.25, 0.3) is 0 Å². The average molecular weight is 1240 g/mol. The SMILES string of the molecule is CCCCCCCCCCCCCCCC(=O)OC[C@H](COP(=O)(O)OC[C@@H](O)COP(=O)(O)OC[C@@H](COC(=O)CCCCCCCCC)OC(=O)CCCCCCCCCC)OC(=O)CCCCCCCCCCCCCCCC(C)C. The topological polar surface area (TPSA) is 237 Å². The van der Waals surface area contributed by atoms with Gasteiger partial charge in [-0.3, -0.25) is 37.3 Å². The van der Waals surface area contributed by atoms with Crippen LogP contribution in [0.4, 0.5) is 0 Å².